The molecule has 0 amide bonds. The number of rotatable bonds is 10. The Morgan fingerprint density at radius 1 is 0.816 bits per heavy atom. The summed E-state index contributed by atoms with van der Waals surface area (Å²) in [6, 6.07) is 25.1. The van der Waals surface area contributed by atoms with Crippen molar-refractivity contribution in [2.75, 3.05) is 33.9 Å². The zero-order chi connectivity index (χ0) is 26.5. The van der Waals surface area contributed by atoms with Crippen molar-refractivity contribution in [3.05, 3.63) is 95.7 Å². The van der Waals surface area contributed by atoms with Crippen LogP contribution in [0.4, 0.5) is 0 Å². The predicted octanol–water partition coefficient (Wildman–Crippen LogP) is 6.48. The molecule has 3 aromatic carbocycles. The molecule has 0 aliphatic carbocycles. The molecule has 1 fully saturated rings. The third kappa shape index (κ3) is 5.50. The van der Waals surface area contributed by atoms with Crippen molar-refractivity contribution in [2.24, 2.45) is 0 Å². The van der Waals surface area contributed by atoms with Crippen molar-refractivity contribution in [1.29, 1.82) is 0 Å². The number of aliphatic hydroxyl groups is 1. The molecule has 5 rings (SSSR count). The van der Waals surface area contributed by atoms with Gasteiger partial charge in [0.25, 0.3) is 0 Å². The number of aliphatic hydroxyl groups excluding tert-OH is 1. The minimum absolute atomic E-state index is 0.409. The number of likely N-dealkylation sites (tertiary alicyclic amines) is 1. The lowest BCUT2D eigenvalue weighted by Crippen LogP contribution is -2.32. The Hall–Kier alpha value is -3.54. The monoisotopic (exact) mass is 510 g/mol. The first-order valence-electron chi connectivity index (χ1n) is 13.6. The molecule has 1 N–H and O–H groups in total. The molecular weight excluding hydrogens is 472 g/mol. The van der Waals surface area contributed by atoms with E-state index in [4.69, 9.17) is 9.47 Å². The highest BCUT2D eigenvalue weighted by Gasteiger charge is 2.20. The number of hydrogen-bond donors (Lipinski definition) is 1. The summed E-state index contributed by atoms with van der Waals surface area (Å²) < 4.78 is 13.1. The average Bonchev–Trinajstić information content (AvgIpc) is 3.60. The van der Waals surface area contributed by atoms with Gasteiger partial charge in [-0.15, -0.1) is 0 Å². The summed E-state index contributed by atoms with van der Waals surface area (Å²) in [7, 11) is 3.39. The van der Waals surface area contributed by atoms with Gasteiger partial charge in [-0.3, -0.25) is 0 Å². The van der Waals surface area contributed by atoms with Gasteiger partial charge < -0.3 is 24.0 Å². The van der Waals surface area contributed by atoms with Crippen LogP contribution < -0.4 is 9.47 Å². The summed E-state index contributed by atoms with van der Waals surface area (Å²) >= 11 is 0. The third-order valence-corrected chi connectivity index (χ3v) is 7.60. The maximum Gasteiger partial charge on any atom is 0.118 e. The molecule has 0 unspecified atom stereocenters. The van der Waals surface area contributed by atoms with Crippen LogP contribution in [0.3, 0.4) is 0 Å². The lowest BCUT2D eigenvalue weighted by molar-refractivity contribution is 0.110. The normalized spacial score (nSPS) is 14.5. The lowest BCUT2D eigenvalue weighted by atomic mass is 9.88. The Kier molecular flexibility index (Phi) is 8.16. The van der Waals surface area contributed by atoms with Crippen molar-refractivity contribution in [1.82, 2.24) is 9.47 Å². The van der Waals surface area contributed by atoms with E-state index < -0.39 is 6.10 Å². The quantitative estimate of drug-likeness (QED) is 0.265. The van der Waals surface area contributed by atoms with Crippen molar-refractivity contribution in [3.8, 4) is 11.5 Å². The molecule has 5 nitrogen and oxygen atoms in total. The minimum atomic E-state index is -0.409. The topological polar surface area (TPSA) is 46.9 Å². The molecule has 1 aromatic heterocycles. The molecule has 1 aliphatic heterocycles. The third-order valence-electron chi connectivity index (χ3n) is 7.60. The van der Waals surface area contributed by atoms with Gasteiger partial charge in [-0.1, -0.05) is 49.4 Å². The molecular formula is C33H38N2O3. The number of benzene rings is 3. The standard InChI is InChI=1S/C33H38N2O3/c1-4-29(33(24-11-15-27(37-2)16-12-24)25-13-17-28(38-3)18-14-25)31-23-35(32-10-6-5-9-30(31)32)22-26(36)21-34-19-7-8-20-34/h5-6,9-18,23,26,36H,4,7-8,19-22H2,1-3H3/t26-/m1/s1. The van der Waals surface area contributed by atoms with Crippen LogP contribution in [0.25, 0.3) is 22.0 Å². The average molecular weight is 511 g/mol. The number of nitrogens with zero attached hydrogens (tertiary/aromatic N) is 2. The smallest absolute Gasteiger partial charge is 0.118 e. The van der Waals surface area contributed by atoms with Gasteiger partial charge in [0.1, 0.15) is 11.5 Å². The second-order valence-corrected chi connectivity index (χ2v) is 10.0. The number of hydrogen-bond acceptors (Lipinski definition) is 4. The maximum atomic E-state index is 11.0. The second-order valence-electron chi connectivity index (χ2n) is 10.0. The summed E-state index contributed by atoms with van der Waals surface area (Å²) in [6.45, 7) is 5.70. The predicted molar refractivity (Wildman–Crippen MR) is 156 cm³/mol. The fraction of sp³-hybridized carbons (Fsp3) is 0.333. The van der Waals surface area contributed by atoms with Crippen molar-refractivity contribution >= 4 is 22.0 Å². The number of aromatic nitrogens is 1. The SMILES string of the molecule is CCC(=C(c1ccc(OC)cc1)c1ccc(OC)cc1)c1cn(C[C@H](O)CN2CCCC2)c2ccccc12. The Morgan fingerprint density at radius 2 is 1.39 bits per heavy atom. The van der Waals surface area contributed by atoms with Crippen LogP contribution in [0.5, 0.6) is 11.5 Å². The number of methoxy groups -OCH3 is 2. The lowest BCUT2D eigenvalue weighted by Gasteiger charge is -2.20. The summed E-state index contributed by atoms with van der Waals surface area (Å²) in [5, 5.41) is 12.2. The zero-order valence-electron chi connectivity index (χ0n) is 22.7. The molecule has 38 heavy (non-hydrogen) atoms. The van der Waals surface area contributed by atoms with E-state index in [-0.39, 0.29) is 0 Å². The first-order valence-corrected chi connectivity index (χ1v) is 13.6. The molecule has 0 radical (unpaired) electrons. The van der Waals surface area contributed by atoms with Crippen LogP contribution in [0.15, 0.2) is 79.0 Å². The molecule has 4 aromatic rings. The van der Waals surface area contributed by atoms with Crippen LogP contribution in [0.2, 0.25) is 0 Å². The largest absolute Gasteiger partial charge is 0.497 e. The van der Waals surface area contributed by atoms with Gasteiger partial charge in [0.05, 0.1) is 20.3 Å². The van der Waals surface area contributed by atoms with Gasteiger partial charge in [-0.05, 0) is 85.0 Å². The Labute approximate surface area is 225 Å². The summed E-state index contributed by atoms with van der Waals surface area (Å²) in [5.74, 6) is 1.67. The molecule has 198 valence electrons. The van der Waals surface area contributed by atoms with E-state index in [0.717, 1.165) is 54.2 Å². The first-order chi connectivity index (χ1) is 18.6. The van der Waals surface area contributed by atoms with Crippen LogP contribution in [0, 0.1) is 0 Å². The van der Waals surface area contributed by atoms with E-state index in [1.807, 2.05) is 24.3 Å². The fourth-order valence-corrected chi connectivity index (χ4v) is 5.72. The van der Waals surface area contributed by atoms with Crippen molar-refractivity contribution in [3.63, 3.8) is 0 Å². The van der Waals surface area contributed by atoms with Crippen LogP contribution in [-0.2, 0) is 6.54 Å². The van der Waals surface area contributed by atoms with E-state index in [1.54, 1.807) is 14.2 Å². The van der Waals surface area contributed by atoms with Gasteiger partial charge >= 0.3 is 0 Å². The van der Waals surface area contributed by atoms with Gasteiger partial charge in [0, 0.05) is 35.8 Å². The molecule has 1 atom stereocenters. The highest BCUT2D eigenvalue weighted by Crippen LogP contribution is 2.39. The van der Waals surface area contributed by atoms with Gasteiger partial charge in [0.15, 0.2) is 0 Å². The highest BCUT2D eigenvalue weighted by molar-refractivity contribution is 6.05. The zero-order valence-corrected chi connectivity index (χ0v) is 22.7. The number of β-amino-alcohol motifs (C(OH)–C–C–N with tert-alkyl or cyclic N) is 1. The Balaban J connectivity index is 1.63. The fourth-order valence-electron chi connectivity index (χ4n) is 5.72. The van der Waals surface area contributed by atoms with Crippen LogP contribution in [0.1, 0.15) is 42.9 Å². The first kappa shape index (κ1) is 26.1. The number of allylic oxidation sites excluding steroid dienone is 1. The van der Waals surface area contributed by atoms with Gasteiger partial charge in [0.2, 0.25) is 0 Å². The minimum Gasteiger partial charge on any atom is -0.497 e. The molecule has 0 spiro atoms. The Morgan fingerprint density at radius 3 is 1.95 bits per heavy atom. The Bertz CT molecular complexity index is 1330. The highest BCUT2D eigenvalue weighted by atomic mass is 16.5. The van der Waals surface area contributed by atoms with E-state index in [9.17, 15) is 5.11 Å². The molecule has 1 saturated heterocycles. The summed E-state index contributed by atoms with van der Waals surface area (Å²) in [5.41, 5.74) is 7.09. The second kappa shape index (κ2) is 11.9. The van der Waals surface area contributed by atoms with Gasteiger partial charge in [-0.2, -0.15) is 0 Å². The molecule has 5 heteroatoms. The maximum absolute atomic E-state index is 11.0. The summed E-state index contributed by atoms with van der Waals surface area (Å²) in [4.78, 5) is 2.38. The van der Waals surface area contributed by atoms with E-state index in [0.29, 0.717) is 6.54 Å². The van der Waals surface area contributed by atoms with E-state index >= 15 is 0 Å². The van der Waals surface area contributed by atoms with Crippen molar-refractivity contribution in [2.45, 2.75) is 38.8 Å². The molecule has 1 aliphatic rings. The molecule has 2 heterocycles. The number of fused-ring (bicyclic) bond motifs is 1. The summed E-state index contributed by atoms with van der Waals surface area (Å²) in [6.07, 6.45) is 5.15. The van der Waals surface area contributed by atoms with Crippen molar-refractivity contribution < 1.29 is 14.6 Å². The number of para-hydroxylation sites is 1. The van der Waals surface area contributed by atoms with Crippen LogP contribution in [-0.4, -0.2) is 54.5 Å². The van der Waals surface area contributed by atoms with Gasteiger partial charge in [-0.25, -0.2) is 0 Å². The van der Waals surface area contributed by atoms with E-state index in [1.165, 1.54) is 34.9 Å². The molecule has 0 bridgehead atoms. The van der Waals surface area contributed by atoms with E-state index in [2.05, 4.69) is 71.1 Å². The molecule has 0 saturated carbocycles. The van der Waals surface area contributed by atoms with Crippen LogP contribution >= 0.6 is 0 Å². The number of ether oxygens (including phenoxy) is 2.